The van der Waals surface area contributed by atoms with Crippen LogP contribution in [0.2, 0.25) is 0 Å². The Morgan fingerprint density at radius 2 is 2.37 bits per heavy atom. The fraction of sp³-hybridized carbons (Fsp3) is 0.273. The van der Waals surface area contributed by atoms with Gasteiger partial charge in [-0.15, -0.1) is 11.3 Å². The second-order valence-electron chi connectivity index (χ2n) is 4.22. The van der Waals surface area contributed by atoms with E-state index in [9.17, 15) is 4.79 Å². The van der Waals surface area contributed by atoms with Crippen molar-refractivity contribution in [2.45, 2.75) is 19.9 Å². The molecule has 3 aromatic rings. The van der Waals surface area contributed by atoms with Crippen molar-refractivity contribution >= 4 is 22.8 Å². The molecule has 3 aromatic heterocycles. The lowest BCUT2D eigenvalue weighted by Crippen LogP contribution is -2.11. The zero-order valence-corrected chi connectivity index (χ0v) is 11.2. The molecule has 0 amide bonds. The van der Waals surface area contributed by atoms with Crippen molar-refractivity contribution < 1.29 is 0 Å². The molecule has 1 unspecified atom stereocenters. The Morgan fingerprint density at radius 3 is 3.11 bits per heavy atom. The van der Waals surface area contributed by atoms with E-state index in [-0.39, 0.29) is 11.7 Å². The summed E-state index contributed by atoms with van der Waals surface area (Å²) in [6.45, 7) is 3.98. The molecule has 8 heteroatoms. The number of anilines is 1. The van der Waals surface area contributed by atoms with Crippen LogP contribution in [-0.2, 0) is 0 Å². The quantitative estimate of drug-likeness (QED) is 0.754. The Hall–Kier alpha value is -2.22. The number of aryl methyl sites for hydroxylation is 1. The van der Waals surface area contributed by atoms with Gasteiger partial charge in [0.2, 0.25) is 0 Å². The van der Waals surface area contributed by atoms with Gasteiger partial charge in [-0.1, -0.05) is 0 Å². The Labute approximate surface area is 112 Å². The van der Waals surface area contributed by atoms with Crippen molar-refractivity contribution in [3.63, 3.8) is 0 Å². The molecule has 0 saturated heterocycles. The van der Waals surface area contributed by atoms with Crippen molar-refractivity contribution in [2.75, 3.05) is 5.32 Å². The van der Waals surface area contributed by atoms with Crippen molar-refractivity contribution in [3.05, 3.63) is 39.0 Å². The van der Waals surface area contributed by atoms with Gasteiger partial charge in [0, 0.05) is 17.1 Å². The first-order chi connectivity index (χ1) is 9.13. The molecule has 0 aliphatic heterocycles. The Kier molecular flexibility index (Phi) is 2.79. The highest BCUT2D eigenvalue weighted by molar-refractivity contribution is 7.09. The largest absolute Gasteiger partial charge is 0.361 e. The monoisotopic (exact) mass is 276 g/mol. The molecule has 0 saturated carbocycles. The number of rotatable bonds is 3. The Morgan fingerprint density at radius 1 is 1.53 bits per heavy atom. The third-order valence-corrected chi connectivity index (χ3v) is 3.83. The number of thiazole rings is 1. The van der Waals surface area contributed by atoms with Gasteiger partial charge in [0.15, 0.2) is 5.65 Å². The number of nitrogens with zero attached hydrogens (tertiary/aromatic N) is 4. The number of hydrogen-bond donors (Lipinski definition) is 2. The second kappa shape index (κ2) is 4.47. The van der Waals surface area contributed by atoms with E-state index in [0.29, 0.717) is 11.5 Å². The standard InChI is InChI=1S/C11H12N6OS/c1-6-4-19-10(13-6)7(2)14-8-3-9-15-16-11(18)17(9)5-12-8/h3-5,7,14H,1-2H3,(H,16,18). The van der Waals surface area contributed by atoms with Gasteiger partial charge < -0.3 is 5.32 Å². The number of H-pyrrole nitrogens is 1. The van der Waals surface area contributed by atoms with Crippen molar-refractivity contribution in [1.29, 1.82) is 0 Å². The molecule has 1 atom stereocenters. The molecule has 0 aliphatic rings. The lowest BCUT2D eigenvalue weighted by molar-refractivity contribution is 0.851. The predicted molar refractivity (Wildman–Crippen MR) is 72.5 cm³/mol. The molecular formula is C11H12N6OS. The van der Waals surface area contributed by atoms with E-state index in [1.165, 1.54) is 10.7 Å². The first kappa shape index (κ1) is 11.8. The van der Waals surface area contributed by atoms with Gasteiger partial charge in [-0.2, -0.15) is 5.10 Å². The second-order valence-corrected chi connectivity index (χ2v) is 5.11. The maximum atomic E-state index is 11.3. The average Bonchev–Trinajstić information content (AvgIpc) is 2.97. The summed E-state index contributed by atoms with van der Waals surface area (Å²) in [6.07, 6.45) is 1.45. The third kappa shape index (κ3) is 2.22. The molecule has 98 valence electrons. The molecule has 0 aromatic carbocycles. The molecule has 19 heavy (non-hydrogen) atoms. The van der Waals surface area contributed by atoms with Crippen LogP contribution >= 0.6 is 11.3 Å². The van der Waals surface area contributed by atoms with E-state index in [2.05, 4.69) is 25.5 Å². The van der Waals surface area contributed by atoms with Crippen LogP contribution in [0.3, 0.4) is 0 Å². The Balaban J connectivity index is 1.86. The summed E-state index contributed by atoms with van der Waals surface area (Å²) in [7, 11) is 0. The predicted octanol–water partition coefficient (Wildman–Crippen LogP) is 1.36. The zero-order valence-electron chi connectivity index (χ0n) is 10.4. The minimum atomic E-state index is -0.294. The van der Waals surface area contributed by atoms with Crippen LogP contribution in [0.4, 0.5) is 5.82 Å². The summed E-state index contributed by atoms with van der Waals surface area (Å²) < 4.78 is 1.35. The van der Waals surface area contributed by atoms with Crippen LogP contribution in [0.1, 0.15) is 23.7 Å². The van der Waals surface area contributed by atoms with E-state index in [1.54, 1.807) is 17.4 Å². The highest BCUT2D eigenvalue weighted by Gasteiger charge is 2.10. The maximum absolute atomic E-state index is 11.3. The minimum absolute atomic E-state index is 0.0549. The first-order valence-corrected chi connectivity index (χ1v) is 6.63. The summed E-state index contributed by atoms with van der Waals surface area (Å²) in [4.78, 5) is 19.9. The molecular weight excluding hydrogens is 264 g/mol. The zero-order chi connectivity index (χ0) is 13.4. The van der Waals surface area contributed by atoms with Crippen LogP contribution in [0.5, 0.6) is 0 Å². The smallest absolute Gasteiger partial charge is 0.348 e. The summed E-state index contributed by atoms with van der Waals surface area (Å²) in [6, 6.07) is 1.77. The highest BCUT2D eigenvalue weighted by Crippen LogP contribution is 2.21. The number of fused-ring (bicyclic) bond motifs is 1. The summed E-state index contributed by atoms with van der Waals surface area (Å²) in [5, 5.41) is 12.5. The van der Waals surface area contributed by atoms with Gasteiger partial charge in [-0.3, -0.25) is 0 Å². The van der Waals surface area contributed by atoms with Gasteiger partial charge >= 0.3 is 5.69 Å². The van der Waals surface area contributed by atoms with Gasteiger partial charge in [0.25, 0.3) is 0 Å². The molecule has 0 fully saturated rings. The average molecular weight is 276 g/mol. The lowest BCUT2D eigenvalue weighted by atomic mass is 10.3. The van der Waals surface area contributed by atoms with Gasteiger partial charge in [0.05, 0.1) is 6.04 Å². The van der Waals surface area contributed by atoms with Crippen molar-refractivity contribution in [2.24, 2.45) is 0 Å². The van der Waals surface area contributed by atoms with Gasteiger partial charge in [-0.25, -0.2) is 24.3 Å². The summed E-state index contributed by atoms with van der Waals surface area (Å²) in [5.74, 6) is 0.659. The minimum Gasteiger partial charge on any atom is -0.361 e. The molecule has 3 rings (SSSR count). The van der Waals surface area contributed by atoms with Gasteiger partial charge in [0.1, 0.15) is 17.2 Å². The molecule has 2 N–H and O–H groups in total. The Bertz CT molecular complexity index is 773. The van der Waals surface area contributed by atoms with Crippen LogP contribution in [-0.4, -0.2) is 24.6 Å². The molecule has 3 heterocycles. The van der Waals surface area contributed by atoms with Crippen LogP contribution in [0, 0.1) is 6.92 Å². The third-order valence-electron chi connectivity index (χ3n) is 2.68. The number of nitrogens with one attached hydrogen (secondary N) is 2. The van der Waals surface area contributed by atoms with Crippen molar-refractivity contribution in [1.82, 2.24) is 24.6 Å². The van der Waals surface area contributed by atoms with Crippen LogP contribution < -0.4 is 11.0 Å². The van der Waals surface area contributed by atoms with Crippen LogP contribution in [0.25, 0.3) is 5.65 Å². The molecule has 0 aliphatic carbocycles. The summed E-state index contributed by atoms with van der Waals surface area (Å²) in [5.41, 5.74) is 1.25. The fourth-order valence-electron chi connectivity index (χ4n) is 1.74. The normalized spacial score (nSPS) is 12.7. The van der Waals surface area contributed by atoms with E-state index in [0.717, 1.165) is 10.7 Å². The maximum Gasteiger partial charge on any atom is 0.348 e. The van der Waals surface area contributed by atoms with E-state index in [1.807, 2.05) is 19.2 Å². The number of hydrogen-bond acceptors (Lipinski definition) is 6. The molecule has 7 nitrogen and oxygen atoms in total. The topological polar surface area (TPSA) is 88.0 Å². The first-order valence-electron chi connectivity index (χ1n) is 5.75. The number of aromatic amines is 1. The van der Waals surface area contributed by atoms with E-state index in [4.69, 9.17) is 0 Å². The molecule has 0 bridgehead atoms. The van der Waals surface area contributed by atoms with Crippen molar-refractivity contribution in [3.8, 4) is 0 Å². The van der Waals surface area contributed by atoms with E-state index < -0.39 is 0 Å². The summed E-state index contributed by atoms with van der Waals surface area (Å²) >= 11 is 1.61. The van der Waals surface area contributed by atoms with Gasteiger partial charge in [-0.05, 0) is 13.8 Å². The fourth-order valence-corrected chi connectivity index (χ4v) is 2.55. The molecule has 0 radical (unpaired) electrons. The van der Waals surface area contributed by atoms with E-state index >= 15 is 0 Å². The number of aromatic nitrogens is 5. The van der Waals surface area contributed by atoms with Crippen LogP contribution in [0.15, 0.2) is 22.6 Å². The highest BCUT2D eigenvalue weighted by atomic mass is 32.1. The molecule has 0 spiro atoms. The lowest BCUT2D eigenvalue weighted by Gasteiger charge is -2.11. The SMILES string of the molecule is Cc1csc(C(C)Nc2cc3n[nH]c(=O)n3cn2)n1.